The molecule has 1 fully saturated rings. The quantitative estimate of drug-likeness (QED) is 0.583. The van der Waals surface area contributed by atoms with Crippen LogP contribution in [0.5, 0.6) is 0 Å². The van der Waals surface area contributed by atoms with Crippen LogP contribution < -0.4 is 5.32 Å². The van der Waals surface area contributed by atoms with Gasteiger partial charge in [0.1, 0.15) is 0 Å². The molecule has 90 valence electrons. The zero-order valence-corrected chi connectivity index (χ0v) is 9.63. The number of nitrogens with one attached hydrogen (secondary N) is 1. The molecule has 0 aromatic carbocycles. The zero-order chi connectivity index (χ0) is 11.0. The van der Waals surface area contributed by atoms with Gasteiger partial charge in [-0.1, -0.05) is 12.8 Å². The number of ether oxygens (including phenoxy) is 2. The highest BCUT2D eigenvalue weighted by molar-refractivity contribution is 4.85. The Bertz CT molecular complexity index is 158. The van der Waals surface area contributed by atoms with Crippen molar-refractivity contribution in [3.05, 3.63) is 0 Å². The van der Waals surface area contributed by atoms with E-state index in [1.807, 2.05) is 0 Å². The first-order chi connectivity index (χ1) is 7.27. The molecule has 2 N–H and O–H groups in total. The van der Waals surface area contributed by atoms with Crippen LogP contribution in [-0.4, -0.2) is 50.7 Å². The molecule has 0 aliphatic heterocycles. The highest BCUT2D eigenvalue weighted by Gasteiger charge is 2.30. The predicted molar refractivity (Wildman–Crippen MR) is 59.0 cm³/mol. The van der Waals surface area contributed by atoms with E-state index in [1.165, 1.54) is 0 Å². The topological polar surface area (TPSA) is 50.7 Å². The van der Waals surface area contributed by atoms with E-state index in [1.54, 1.807) is 7.11 Å². The third-order valence-corrected chi connectivity index (χ3v) is 2.84. The first-order valence-electron chi connectivity index (χ1n) is 5.77. The van der Waals surface area contributed by atoms with Crippen molar-refractivity contribution < 1.29 is 14.6 Å². The largest absolute Gasteiger partial charge is 0.389 e. The first-order valence-corrected chi connectivity index (χ1v) is 5.77. The molecule has 15 heavy (non-hydrogen) atoms. The predicted octanol–water partition coefficient (Wildman–Crippen LogP) is 0.544. The Hall–Kier alpha value is -0.160. The summed E-state index contributed by atoms with van der Waals surface area (Å²) in [7, 11) is 1.66. The van der Waals surface area contributed by atoms with Crippen molar-refractivity contribution in [1.82, 2.24) is 5.32 Å². The average molecular weight is 217 g/mol. The van der Waals surface area contributed by atoms with Crippen LogP contribution in [0.4, 0.5) is 0 Å². The Balaban J connectivity index is 1.88. The SMILES string of the molecule is COCCOCCNCC1(O)CCCC1. The van der Waals surface area contributed by atoms with E-state index in [4.69, 9.17) is 9.47 Å². The third-order valence-electron chi connectivity index (χ3n) is 2.84. The van der Waals surface area contributed by atoms with Gasteiger partial charge in [-0.3, -0.25) is 0 Å². The standard InChI is InChI=1S/C11H23NO3/c1-14-8-9-15-7-6-12-10-11(13)4-2-3-5-11/h12-13H,2-10H2,1H3. The van der Waals surface area contributed by atoms with Crippen molar-refractivity contribution >= 4 is 0 Å². The van der Waals surface area contributed by atoms with E-state index in [0.29, 0.717) is 26.4 Å². The van der Waals surface area contributed by atoms with Crippen LogP contribution in [-0.2, 0) is 9.47 Å². The minimum absolute atomic E-state index is 0.452. The maximum Gasteiger partial charge on any atom is 0.0771 e. The van der Waals surface area contributed by atoms with Crippen molar-refractivity contribution in [3.63, 3.8) is 0 Å². The normalized spacial score (nSPS) is 19.6. The molecule has 0 radical (unpaired) electrons. The Morgan fingerprint density at radius 1 is 1.20 bits per heavy atom. The Labute approximate surface area is 92.0 Å². The summed E-state index contributed by atoms with van der Waals surface area (Å²) in [6, 6.07) is 0. The van der Waals surface area contributed by atoms with Crippen molar-refractivity contribution in [2.75, 3.05) is 40.0 Å². The summed E-state index contributed by atoms with van der Waals surface area (Å²) in [5.41, 5.74) is -0.452. The highest BCUT2D eigenvalue weighted by Crippen LogP contribution is 2.28. The lowest BCUT2D eigenvalue weighted by Crippen LogP contribution is -2.39. The van der Waals surface area contributed by atoms with E-state index in [9.17, 15) is 5.11 Å². The van der Waals surface area contributed by atoms with Crippen molar-refractivity contribution in [1.29, 1.82) is 0 Å². The molecule has 0 bridgehead atoms. The summed E-state index contributed by atoms with van der Waals surface area (Å²) < 4.78 is 10.2. The molecule has 0 aromatic rings. The molecule has 0 saturated heterocycles. The summed E-state index contributed by atoms with van der Waals surface area (Å²) in [5, 5.41) is 13.2. The fraction of sp³-hybridized carbons (Fsp3) is 1.00. The van der Waals surface area contributed by atoms with E-state index < -0.39 is 5.60 Å². The number of aliphatic hydroxyl groups is 1. The second kappa shape index (κ2) is 7.17. The number of hydrogen-bond donors (Lipinski definition) is 2. The fourth-order valence-corrected chi connectivity index (χ4v) is 1.92. The molecule has 1 rings (SSSR count). The Morgan fingerprint density at radius 3 is 2.60 bits per heavy atom. The maximum atomic E-state index is 10.0. The highest BCUT2D eigenvalue weighted by atomic mass is 16.5. The lowest BCUT2D eigenvalue weighted by molar-refractivity contribution is 0.0411. The molecule has 1 aliphatic rings. The minimum atomic E-state index is -0.452. The average Bonchev–Trinajstić information content (AvgIpc) is 2.64. The molecule has 1 aliphatic carbocycles. The summed E-state index contributed by atoms with van der Waals surface area (Å²) in [6.07, 6.45) is 4.18. The molecule has 4 nitrogen and oxygen atoms in total. The van der Waals surface area contributed by atoms with Gasteiger partial charge in [0.25, 0.3) is 0 Å². The molecule has 0 atom stereocenters. The van der Waals surface area contributed by atoms with Gasteiger partial charge in [-0.2, -0.15) is 0 Å². The second-order valence-electron chi connectivity index (χ2n) is 4.21. The number of hydrogen-bond acceptors (Lipinski definition) is 4. The van der Waals surface area contributed by atoms with Gasteiger partial charge in [0, 0.05) is 20.2 Å². The molecule has 0 aromatic heterocycles. The van der Waals surface area contributed by atoms with Gasteiger partial charge in [0.15, 0.2) is 0 Å². The molecule has 1 saturated carbocycles. The molecule has 0 spiro atoms. The third kappa shape index (κ3) is 5.47. The lowest BCUT2D eigenvalue weighted by Gasteiger charge is -2.22. The van der Waals surface area contributed by atoms with Crippen LogP contribution in [0.1, 0.15) is 25.7 Å². The molecular formula is C11H23NO3. The number of rotatable bonds is 8. The van der Waals surface area contributed by atoms with Gasteiger partial charge in [-0.25, -0.2) is 0 Å². The monoisotopic (exact) mass is 217 g/mol. The van der Waals surface area contributed by atoms with Crippen LogP contribution in [0.2, 0.25) is 0 Å². The lowest BCUT2D eigenvalue weighted by atomic mass is 10.0. The Kier molecular flexibility index (Phi) is 6.17. The first kappa shape index (κ1) is 12.9. The summed E-state index contributed by atoms with van der Waals surface area (Å²) in [6.45, 7) is 3.46. The van der Waals surface area contributed by atoms with E-state index in [0.717, 1.165) is 32.2 Å². The van der Waals surface area contributed by atoms with E-state index in [2.05, 4.69) is 5.32 Å². The second-order valence-corrected chi connectivity index (χ2v) is 4.21. The zero-order valence-electron chi connectivity index (χ0n) is 9.63. The van der Waals surface area contributed by atoms with Crippen LogP contribution in [0.25, 0.3) is 0 Å². The molecule has 0 heterocycles. The van der Waals surface area contributed by atoms with E-state index in [-0.39, 0.29) is 0 Å². The van der Waals surface area contributed by atoms with Gasteiger partial charge in [-0.05, 0) is 12.8 Å². The van der Waals surface area contributed by atoms with Crippen LogP contribution in [0.15, 0.2) is 0 Å². The van der Waals surface area contributed by atoms with Crippen LogP contribution in [0.3, 0.4) is 0 Å². The fourth-order valence-electron chi connectivity index (χ4n) is 1.92. The maximum absolute atomic E-state index is 10.0. The number of methoxy groups -OCH3 is 1. The smallest absolute Gasteiger partial charge is 0.0771 e. The summed E-state index contributed by atoms with van der Waals surface area (Å²) >= 11 is 0. The van der Waals surface area contributed by atoms with Gasteiger partial charge in [-0.15, -0.1) is 0 Å². The summed E-state index contributed by atoms with van der Waals surface area (Å²) in [5.74, 6) is 0. The van der Waals surface area contributed by atoms with Crippen LogP contribution >= 0.6 is 0 Å². The van der Waals surface area contributed by atoms with Crippen LogP contribution in [0, 0.1) is 0 Å². The molecule has 4 heteroatoms. The van der Waals surface area contributed by atoms with Gasteiger partial charge in [0.05, 0.1) is 25.4 Å². The van der Waals surface area contributed by atoms with Crippen molar-refractivity contribution in [2.45, 2.75) is 31.3 Å². The summed E-state index contributed by atoms with van der Waals surface area (Å²) in [4.78, 5) is 0. The van der Waals surface area contributed by atoms with Gasteiger partial charge >= 0.3 is 0 Å². The van der Waals surface area contributed by atoms with Crippen molar-refractivity contribution in [3.8, 4) is 0 Å². The molecular weight excluding hydrogens is 194 g/mol. The molecule has 0 amide bonds. The minimum Gasteiger partial charge on any atom is -0.389 e. The molecule has 0 unspecified atom stereocenters. The van der Waals surface area contributed by atoms with E-state index >= 15 is 0 Å². The van der Waals surface area contributed by atoms with Crippen molar-refractivity contribution in [2.24, 2.45) is 0 Å². The van der Waals surface area contributed by atoms with Gasteiger partial charge < -0.3 is 19.9 Å². The van der Waals surface area contributed by atoms with Gasteiger partial charge in [0.2, 0.25) is 0 Å². The Morgan fingerprint density at radius 2 is 1.93 bits per heavy atom.